The van der Waals surface area contributed by atoms with E-state index in [1.54, 1.807) is 0 Å². The molecule has 2 aromatic rings. The second-order valence-corrected chi connectivity index (χ2v) is 5.36. The zero-order valence-electron chi connectivity index (χ0n) is 10.2. The highest BCUT2D eigenvalue weighted by Gasteiger charge is 2.14. The van der Waals surface area contributed by atoms with Crippen LogP contribution in [0.25, 0.3) is 0 Å². The molecular weight excluding hydrogens is 318 g/mol. The van der Waals surface area contributed by atoms with Gasteiger partial charge in [0, 0.05) is 12.8 Å². The first-order valence-electron chi connectivity index (χ1n) is 5.51. The first kappa shape index (κ1) is 13.6. The van der Waals surface area contributed by atoms with Crippen LogP contribution in [0.15, 0.2) is 14.1 Å². The van der Waals surface area contributed by atoms with E-state index in [1.165, 1.54) is 11.8 Å². The molecule has 0 fully saturated rings. The lowest BCUT2D eigenvalue weighted by atomic mass is 10.3. The summed E-state index contributed by atoms with van der Waals surface area (Å²) in [6.07, 6.45) is 0.900. The SMILES string of the molecule is CCc1nn(C)c(CSc2nnc(CN)o2)c1Br. The minimum atomic E-state index is 0.267. The Kier molecular flexibility index (Phi) is 4.41. The van der Waals surface area contributed by atoms with Gasteiger partial charge in [-0.05, 0) is 22.4 Å². The molecule has 0 saturated heterocycles. The summed E-state index contributed by atoms with van der Waals surface area (Å²) in [6.45, 7) is 2.35. The molecule has 0 bridgehead atoms. The molecule has 2 heterocycles. The van der Waals surface area contributed by atoms with Gasteiger partial charge in [-0.3, -0.25) is 4.68 Å². The lowest BCUT2D eigenvalue weighted by Gasteiger charge is -1.99. The van der Waals surface area contributed by atoms with Gasteiger partial charge < -0.3 is 10.2 Å². The predicted molar refractivity (Wildman–Crippen MR) is 72.0 cm³/mol. The Labute approximate surface area is 117 Å². The third kappa shape index (κ3) is 2.76. The number of aromatic nitrogens is 4. The van der Waals surface area contributed by atoms with E-state index in [0.717, 1.165) is 28.0 Å². The summed E-state index contributed by atoms with van der Waals surface area (Å²) in [5, 5.41) is 12.7. The zero-order valence-corrected chi connectivity index (χ0v) is 12.6. The molecule has 2 aromatic heterocycles. The van der Waals surface area contributed by atoms with E-state index >= 15 is 0 Å². The predicted octanol–water partition coefficient (Wildman–Crippen LogP) is 1.88. The molecule has 0 saturated carbocycles. The van der Waals surface area contributed by atoms with E-state index in [9.17, 15) is 0 Å². The van der Waals surface area contributed by atoms with Crippen molar-refractivity contribution in [1.82, 2.24) is 20.0 Å². The van der Waals surface area contributed by atoms with Crippen molar-refractivity contribution in [3.05, 3.63) is 21.8 Å². The van der Waals surface area contributed by atoms with E-state index in [2.05, 4.69) is 38.1 Å². The van der Waals surface area contributed by atoms with Gasteiger partial charge in [-0.15, -0.1) is 10.2 Å². The van der Waals surface area contributed by atoms with Crippen molar-refractivity contribution in [2.45, 2.75) is 30.9 Å². The van der Waals surface area contributed by atoms with Gasteiger partial charge in [0.15, 0.2) is 0 Å². The van der Waals surface area contributed by atoms with Crippen molar-refractivity contribution in [2.75, 3.05) is 0 Å². The molecule has 6 nitrogen and oxygen atoms in total. The summed E-state index contributed by atoms with van der Waals surface area (Å²) in [6, 6.07) is 0. The first-order valence-corrected chi connectivity index (χ1v) is 7.29. The van der Waals surface area contributed by atoms with Crippen LogP contribution in [0.5, 0.6) is 0 Å². The van der Waals surface area contributed by atoms with Crippen molar-refractivity contribution in [3.63, 3.8) is 0 Å². The molecule has 0 aliphatic heterocycles. The second-order valence-electron chi connectivity index (χ2n) is 3.64. The summed E-state index contributed by atoms with van der Waals surface area (Å²) in [5.41, 5.74) is 7.57. The van der Waals surface area contributed by atoms with Crippen LogP contribution < -0.4 is 5.73 Å². The minimum Gasteiger partial charge on any atom is -0.415 e. The van der Waals surface area contributed by atoms with Crippen molar-refractivity contribution in [2.24, 2.45) is 12.8 Å². The number of hydrogen-bond acceptors (Lipinski definition) is 6. The van der Waals surface area contributed by atoms with Gasteiger partial charge in [0.1, 0.15) is 0 Å². The van der Waals surface area contributed by atoms with E-state index in [0.29, 0.717) is 11.1 Å². The molecule has 0 amide bonds. The summed E-state index contributed by atoms with van der Waals surface area (Å²) in [7, 11) is 1.93. The Morgan fingerprint density at radius 3 is 2.78 bits per heavy atom. The highest BCUT2D eigenvalue weighted by atomic mass is 79.9. The van der Waals surface area contributed by atoms with Crippen LogP contribution in [-0.4, -0.2) is 20.0 Å². The third-order valence-corrected chi connectivity index (χ3v) is 4.20. The normalized spacial score (nSPS) is 11.1. The topological polar surface area (TPSA) is 82.8 Å². The largest absolute Gasteiger partial charge is 0.415 e. The first-order chi connectivity index (χ1) is 8.65. The molecule has 0 unspecified atom stereocenters. The summed E-state index contributed by atoms with van der Waals surface area (Å²) in [5.74, 6) is 1.17. The Balaban J connectivity index is 2.08. The van der Waals surface area contributed by atoms with E-state index in [1.807, 2.05) is 11.7 Å². The van der Waals surface area contributed by atoms with Crippen LogP contribution in [0, 0.1) is 0 Å². The molecule has 18 heavy (non-hydrogen) atoms. The van der Waals surface area contributed by atoms with Crippen LogP contribution in [0.4, 0.5) is 0 Å². The maximum Gasteiger partial charge on any atom is 0.277 e. The maximum atomic E-state index is 5.41. The molecule has 2 rings (SSSR count). The molecular formula is C10H14BrN5OS. The number of thioether (sulfide) groups is 1. The van der Waals surface area contributed by atoms with Gasteiger partial charge in [-0.1, -0.05) is 18.7 Å². The lowest BCUT2D eigenvalue weighted by Crippen LogP contribution is -1.97. The average Bonchev–Trinajstić information content (AvgIpc) is 2.93. The number of hydrogen-bond donors (Lipinski definition) is 1. The summed E-state index contributed by atoms with van der Waals surface area (Å²) in [4.78, 5) is 0. The Morgan fingerprint density at radius 1 is 1.44 bits per heavy atom. The highest BCUT2D eigenvalue weighted by Crippen LogP contribution is 2.28. The van der Waals surface area contributed by atoms with Crippen LogP contribution in [0.1, 0.15) is 24.2 Å². The lowest BCUT2D eigenvalue weighted by molar-refractivity contribution is 0.414. The smallest absolute Gasteiger partial charge is 0.277 e. The number of aryl methyl sites for hydroxylation is 2. The fourth-order valence-electron chi connectivity index (χ4n) is 1.49. The quantitative estimate of drug-likeness (QED) is 0.842. The van der Waals surface area contributed by atoms with Gasteiger partial charge in [0.25, 0.3) is 5.22 Å². The van der Waals surface area contributed by atoms with E-state index in [-0.39, 0.29) is 6.54 Å². The minimum absolute atomic E-state index is 0.267. The average molecular weight is 332 g/mol. The summed E-state index contributed by atoms with van der Waals surface area (Å²) < 4.78 is 8.26. The van der Waals surface area contributed by atoms with Crippen LogP contribution in [0.2, 0.25) is 0 Å². The zero-order chi connectivity index (χ0) is 13.1. The van der Waals surface area contributed by atoms with Crippen LogP contribution >= 0.6 is 27.7 Å². The summed E-state index contributed by atoms with van der Waals surface area (Å²) >= 11 is 5.05. The van der Waals surface area contributed by atoms with Gasteiger partial charge >= 0.3 is 0 Å². The van der Waals surface area contributed by atoms with Gasteiger partial charge in [0.2, 0.25) is 5.89 Å². The molecule has 0 aliphatic carbocycles. The van der Waals surface area contributed by atoms with E-state index in [4.69, 9.17) is 10.2 Å². The maximum absolute atomic E-state index is 5.41. The fourth-order valence-corrected chi connectivity index (χ4v) is 3.27. The van der Waals surface area contributed by atoms with Crippen molar-refractivity contribution in [1.29, 1.82) is 0 Å². The Bertz CT molecular complexity index is 538. The Morgan fingerprint density at radius 2 is 2.22 bits per heavy atom. The van der Waals surface area contributed by atoms with Crippen LogP contribution in [0.3, 0.4) is 0 Å². The van der Waals surface area contributed by atoms with E-state index < -0.39 is 0 Å². The molecule has 0 atom stereocenters. The second kappa shape index (κ2) is 5.85. The number of nitrogens with zero attached hydrogens (tertiary/aromatic N) is 4. The van der Waals surface area contributed by atoms with Gasteiger partial charge in [-0.2, -0.15) is 5.10 Å². The number of halogens is 1. The molecule has 0 radical (unpaired) electrons. The monoisotopic (exact) mass is 331 g/mol. The van der Waals surface area contributed by atoms with Crippen molar-refractivity contribution in [3.8, 4) is 0 Å². The Hall–Kier alpha value is -0.860. The molecule has 2 N–H and O–H groups in total. The van der Waals surface area contributed by atoms with Gasteiger partial charge in [0.05, 0.1) is 22.4 Å². The van der Waals surface area contributed by atoms with Gasteiger partial charge in [-0.25, -0.2) is 0 Å². The standard InChI is InChI=1S/C10H14BrN5OS/c1-3-6-9(11)7(16(2)15-6)5-18-10-14-13-8(4-12)17-10/h3-5,12H2,1-2H3. The fraction of sp³-hybridized carbons (Fsp3) is 0.500. The van der Waals surface area contributed by atoms with Crippen LogP contribution in [-0.2, 0) is 25.8 Å². The number of nitrogens with two attached hydrogens (primary N) is 1. The molecule has 98 valence electrons. The van der Waals surface area contributed by atoms with Crippen molar-refractivity contribution < 1.29 is 4.42 Å². The number of rotatable bonds is 5. The molecule has 8 heteroatoms. The molecule has 0 aromatic carbocycles. The molecule has 0 spiro atoms. The highest BCUT2D eigenvalue weighted by molar-refractivity contribution is 9.10. The molecule has 0 aliphatic rings. The third-order valence-electron chi connectivity index (χ3n) is 2.46. The van der Waals surface area contributed by atoms with Crippen molar-refractivity contribution >= 4 is 27.7 Å².